The lowest BCUT2D eigenvalue weighted by Gasteiger charge is -2.30. The number of methoxy groups -OCH3 is 2. The Bertz CT molecular complexity index is 1430. The molecule has 1 aliphatic heterocycles. The SMILES string of the molecule is [2H]C([2H])=C([2H])C([2H])([2H])NC1=C2C[C@@H](C)C[C@@H](OC)[C@H](O)[C@@H](C)/C=C(\C)[C@H](OC(N)=O)[C@H](OC)/C=C\C=C(/C)C(=O)NC(=CC1=O)C2=O. The van der Waals surface area contributed by atoms with Crippen molar-refractivity contribution in [1.29, 1.82) is 0 Å². The summed E-state index contributed by atoms with van der Waals surface area (Å²) in [5.74, 6) is -3.41. The molecule has 2 amide bonds. The van der Waals surface area contributed by atoms with Crippen molar-refractivity contribution < 1.29 is 45.3 Å². The first-order chi connectivity index (χ1) is 21.8. The maximum absolute atomic E-state index is 13.7. The number of allylic oxidation sites excluding steroid dienone is 4. The maximum atomic E-state index is 13.7. The second-order valence-corrected chi connectivity index (χ2v) is 10.3. The summed E-state index contributed by atoms with van der Waals surface area (Å²) in [6.45, 7) is 2.60. The monoisotopic (exact) mass is 590 g/mol. The van der Waals surface area contributed by atoms with Gasteiger partial charge in [0, 0.05) is 43.9 Å². The van der Waals surface area contributed by atoms with Crippen LogP contribution in [0.3, 0.4) is 0 Å². The quantitative estimate of drug-likeness (QED) is 0.269. The van der Waals surface area contributed by atoms with Crippen molar-refractivity contribution in [2.75, 3.05) is 20.7 Å². The van der Waals surface area contributed by atoms with Gasteiger partial charge < -0.3 is 35.7 Å². The number of rotatable bonds is 6. The Balaban J connectivity index is 2.71. The number of carbonyl (C=O) groups excluding carboxylic acids is 4. The second kappa shape index (κ2) is 16.0. The normalized spacial score (nSPS) is 33.5. The summed E-state index contributed by atoms with van der Waals surface area (Å²) in [6.07, 6.45) is 2.15. The summed E-state index contributed by atoms with van der Waals surface area (Å²) >= 11 is 0. The first kappa shape index (κ1) is 27.1. The molecule has 0 radical (unpaired) electrons. The lowest BCUT2D eigenvalue weighted by atomic mass is 9.85. The molecule has 2 bridgehead atoms. The van der Waals surface area contributed by atoms with Gasteiger partial charge in [-0.2, -0.15) is 0 Å². The number of carbonyl (C=O) groups is 4. The highest BCUT2D eigenvalue weighted by Crippen LogP contribution is 2.28. The molecule has 0 unspecified atom stereocenters. The Morgan fingerprint density at radius 3 is 2.64 bits per heavy atom. The van der Waals surface area contributed by atoms with Gasteiger partial charge in [-0.3, -0.25) is 14.4 Å². The number of nitrogens with two attached hydrogens (primary N) is 1. The minimum atomic E-state index is -2.86. The highest BCUT2D eigenvalue weighted by molar-refractivity contribution is 6.23. The average Bonchev–Trinajstić information content (AvgIpc) is 2.99. The Hall–Kier alpha value is -3.80. The molecule has 230 valence electrons. The highest BCUT2D eigenvalue weighted by Gasteiger charge is 2.33. The van der Waals surface area contributed by atoms with Crippen LogP contribution in [-0.4, -0.2) is 73.8 Å². The van der Waals surface area contributed by atoms with Crippen molar-refractivity contribution >= 4 is 23.6 Å². The lowest BCUT2D eigenvalue weighted by Crippen LogP contribution is -2.37. The predicted octanol–water partition coefficient (Wildman–Crippen LogP) is 2.54. The van der Waals surface area contributed by atoms with E-state index in [4.69, 9.17) is 26.8 Å². The lowest BCUT2D eigenvalue weighted by molar-refractivity contribution is -0.120. The van der Waals surface area contributed by atoms with E-state index in [1.807, 2.05) is 0 Å². The molecule has 6 atom stereocenters. The molecular weight excluding hydrogens is 542 g/mol. The van der Waals surface area contributed by atoms with Crippen LogP contribution in [0.4, 0.5) is 4.79 Å². The smallest absolute Gasteiger partial charge is 0.405 e. The third-order valence-corrected chi connectivity index (χ3v) is 7.04. The van der Waals surface area contributed by atoms with Gasteiger partial charge >= 0.3 is 6.09 Å². The van der Waals surface area contributed by atoms with Gasteiger partial charge in [0.1, 0.15) is 6.10 Å². The molecule has 0 spiro atoms. The first-order valence-corrected chi connectivity index (χ1v) is 13.4. The summed E-state index contributed by atoms with van der Waals surface area (Å²) in [5.41, 5.74) is 4.91. The van der Waals surface area contributed by atoms with Gasteiger partial charge in [-0.1, -0.05) is 44.2 Å². The van der Waals surface area contributed by atoms with Gasteiger partial charge in [0.25, 0.3) is 5.91 Å². The van der Waals surface area contributed by atoms with Crippen molar-refractivity contribution in [3.05, 3.63) is 71.1 Å². The molecule has 11 heteroatoms. The number of primary amides is 1. The van der Waals surface area contributed by atoms with Crippen molar-refractivity contribution in [3.8, 4) is 0 Å². The van der Waals surface area contributed by atoms with E-state index in [1.54, 1.807) is 26.8 Å². The van der Waals surface area contributed by atoms with Gasteiger partial charge in [0.15, 0.2) is 6.10 Å². The van der Waals surface area contributed by atoms with Crippen LogP contribution in [0, 0.1) is 11.8 Å². The molecule has 2 aliphatic rings. The zero-order chi connectivity index (χ0) is 35.8. The topological polar surface area (TPSA) is 166 Å². The van der Waals surface area contributed by atoms with Gasteiger partial charge in [0.05, 0.1) is 30.5 Å². The van der Waals surface area contributed by atoms with Crippen LogP contribution in [0.15, 0.2) is 71.1 Å². The number of aliphatic hydroxyl groups excluding tert-OH is 1. The predicted molar refractivity (Wildman–Crippen MR) is 158 cm³/mol. The van der Waals surface area contributed by atoms with Crippen LogP contribution in [-0.2, 0) is 28.6 Å². The third kappa shape index (κ3) is 9.10. The van der Waals surface area contributed by atoms with Crippen LogP contribution >= 0.6 is 0 Å². The van der Waals surface area contributed by atoms with Crippen molar-refractivity contribution in [2.24, 2.45) is 17.6 Å². The van der Waals surface area contributed by atoms with E-state index in [9.17, 15) is 24.3 Å². The molecule has 11 nitrogen and oxygen atoms in total. The molecule has 1 heterocycles. The number of nitrogens with one attached hydrogen (secondary N) is 2. The van der Waals surface area contributed by atoms with E-state index in [0.29, 0.717) is 5.57 Å². The largest absolute Gasteiger partial charge is 0.439 e. The maximum Gasteiger partial charge on any atom is 0.405 e. The number of amides is 2. The number of ketones is 2. The van der Waals surface area contributed by atoms with Crippen LogP contribution in [0.25, 0.3) is 0 Å². The second-order valence-electron chi connectivity index (χ2n) is 10.3. The van der Waals surface area contributed by atoms with Gasteiger partial charge in [-0.15, -0.1) is 6.53 Å². The number of hydrogen-bond donors (Lipinski definition) is 4. The van der Waals surface area contributed by atoms with Gasteiger partial charge in [-0.25, -0.2) is 4.79 Å². The van der Waals surface area contributed by atoms with E-state index in [1.165, 1.54) is 39.4 Å². The summed E-state index contributed by atoms with van der Waals surface area (Å²) < 4.78 is 55.3. The molecule has 0 aromatic rings. The highest BCUT2D eigenvalue weighted by atomic mass is 16.6. The number of Topliss-reactive ketones (excluding diaryl/α,β-unsaturated/α-hetero) is 1. The fourth-order valence-electron chi connectivity index (χ4n) is 4.82. The molecule has 1 aliphatic carbocycles. The van der Waals surface area contributed by atoms with E-state index >= 15 is 0 Å². The van der Waals surface area contributed by atoms with Gasteiger partial charge in [-0.05, 0) is 38.2 Å². The number of fused-ring (bicyclic) bond motifs is 2. The molecule has 0 saturated heterocycles. The standard InChI is InChI=1S/C31H43N3O8/c1-8-12-33-26-21-13-17(2)14-25(41-7)27(36)19(4)15-20(5)29(42-31(32)39)24(40-6)11-9-10-18(3)30(38)34-22(28(21)37)16-23(26)35/h8-11,15-17,19,24-25,27,29,33,36H,1,12-14H2,2-7H3,(H2,32,39)(H,34,38)/b11-9-,18-10+,20-15+/t17-,19+,24-,25-,27-,29+/m1/s1/i1D2,8D,12D2. The zero-order valence-electron chi connectivity index (χ0n) is 29.6. The van der Waals surface area contributed by atoms with Gasteiger partial charge in [0.2, 0.25) is 11.6 Å². The summed E-state index contributed by atoms with van der Waals surface area (Å²) in [5, 5.41) is 15.9. The van der Waals surface area contributed by atoms with Crippen molar-refractivity contribution in [1.82, 2.24) is 10.6 Å². The minimum Gasteiger partial charge on any atom is -0.439 e. The Morgan fingerprint density at radius 1 is 1.31 bits per heavy atom. The number of ether oxygens (including phenoxy) is 3. The van der Waals surface area contributed by atoms with Crippen LogP contribution < -0.4 is 16.4 Å². The summed E-state index contributed by atoms with van der Waals surface area (Å²) in [7, 11) is 2.78. The van der Waals surface area contributed by atoms with E-state index in [-0.39, 0.29) is 29.7 Å². The third-order valence-electron chi connectivity index (χ3n) is 7.04. The van der Waals surface area contributed by atoms with Crippen LogP contribution in [0.1, 0.15) is 47.4 Å². The van der Waals surface area contributed by atoms with E-state index < -0.39 is 84.6 Å². The summed E-state index contributed by atoms with van der Waals surface area (Å²) in [4.78, 5) is 51.9. The number of hydrogen-bond acceptors (Lipinski definition) is 9. The van der Waals surface area contributed by atoms with Crippen molar-refractivity contribution in [2.45, 2.75) is 65.0 Å². The Kier molecular flexibility index (Phi) is 10.3. The molecule has 0 fully saturated rings. The van der Waals surface area contributed by atoms with Crippen LogP contribution in [0.2, 0.25) is 0 Å². The molecule has 0 aromatic heterocycles. The fraction of sp³-hybridized carbons (Fsp3) is 0.484. The molecular formula is C31H43N3O8. The summed E-state index contributed by atoms with van der Waals surface area (Å²) in [6, 6.07) is -1.06. The molecule has 5 N–H and O–H groups in total. The fourth-order valence-corrected chi connectivity index (χ4v) is 4.82. The molecule has 0 saturated carbocycles. The Labute approximate surface area is 254 Å². The first-order valence-electron chi connectivity index (χ1n) is 15.9. The minimum absolute atomic E-state index is 0.121. The number of aliphatic hydroxyl groups is 1. The molecule has 2 rings (SSSR count). The Morgan fingerprint density at radius 2 is 2.02 bits per heavy atom. The average molecular weight is 591 g/mol. The zero-order valence-corrected chi connectivity index (χ0v) is 24.6. The van der Waals surface area contributed by atoms with E-state index in [0.717, 1.165) is 6.08 Å². The molecule has 0 aromatic carbocycles. The van der Waals surface area contributed by atoms with E-state index in [2.05, 4.69) is 10.6 Å². The van der Waals surface area contributed by atoms with Crippen LogP contribution in [0.5, 0.6) is 0 Å². The van der Waals surface area contributed by atoms with Crippen molar-refractivity contribution in [3.63, 3.8) is 0 Å². The molecule has 42 heavy (non-hydrogen) atoms.